The molecule has 0 fully saturated rings. The van der Waals surface area contributed by atoms with E-state index in [1.807, 2.05) is 10.2 Å². The molecule has 1 unspecified atom stereocenters. The van der Waals surface area contributed by atoms with Gasteiger partial charge in [0, 0.05) is 0 Å². The van der Waals surface area contributed by atoms with Crippen LogP contribution in [0.1, 0.15) is 58.3 Å². The number of rotatable bonds is 9. The van der Waals surface area contributed by atoms with Crippen LogP contribution in [0.2, 0.25) is 0 Å². The Morgan fingerprint density at radius 1 is 1.07 bits per heavy atom. The molecule has 0 spiro atoms. The fourth-order valence-corrected chi connectivity index (χ4v) is 1.97. The SMILES string of the molecule is CCCCCCCCCC(O)/C=C/I. The van der Waals surface area contributed by atoms with E-state index in [1.54, 1.807) is 0 Å². The molecule has 0 aliphatic carbocycles. The largest absolute Gasteiger partial charge is 0.389 e. The lowest BCUT2D eigenvalue weighted by atomic mass is 10.1. The van der Waals surface area contributed by atoms with Crippen LogP contribution < -0.4 is 0 Å². The Morgan fingerprint density at radius 3 is 2.21 bits per heavy atom. The quantitative estimate of drug-likeness (QED) is 0.493. The zero-order chi connectivity index (χ0) is 10.6. The van der Waals surface area contributed by atoms with Gasteiger partial charge in [-0.05, 0) is 10.5 Å². The van der Waals surface area contributed by atoms with E-state index in [2.05, 4.69) is 29.5 Å². The normalized spacial score (nSPS) is 13.6. The lowest BCUT2D eigenvalue weighted by Crippen LogP contribution is -2.00. The molecule has 84 valence electrons. The van der Waals surface area contributed by atoms with Crippen molar-refractivity contribution < 1.29 is 5.11 Å². The van der Waals surface area contributed by atoms with Crippen LogP contribution in [0.4, 0.5) is 0 Å². The monoisotopic (exact) mass is 310 g/mol. The average Bonchev–Trinajstić information content (AvgIpc) is 2.17. The van der Waals surface area contributed by atoms with Crippen LogP contribution in [0, 0.1) is 0 Å². The van der Waals surface area contributed by atoms with Gasteiger partial charge in [-0.1, -0.05) is 80.5 Å². The first kappa shape index (κ1) is 14.4. The van der Waals surface area contributed by atoms with Gasteiger partial charge in [0.25, 0.3) is 0 Å². The number of unbranched alkanes of at least 4 members (excludes halogenated alkanes) is 6. The molecule has 0 radical (unpaired) electrons. The summed E-state index contributed by atoms with van der Waals surface area (Å²) in [5.41, 5.74) is 0. The molecule has 0 aromatic carbocycles. The fraction of sp³-hybridized carbons (Fsp3) is 0.833. The van der Waals surface area contributed by atoms with Crippen LogP contribution >= 0.6 is 22.6 Å². The summed E-state index contributed by atoms with van der Waals surface area (Å²) in [7, 11) is 0. The third kappa shape index (κ3) is 10.5. The number of hydrogen-bond acceptors (Lipinski definition) is 1. The molecule has 0 saturated carbocycles. The second-order valence-corrected chi connectivity index (χ2v) is 4.51. The lowest BCUT2D eigenvalue weighted by Gasteiger charge is -2.04. The van der Waals surface area contributed by atoms with Crippen LogP contribution in [0.25, 0.3) is 0 Å². The number of hydrogen-bond donors (Lipinski definition) is 1. The highest BCUT2D eigenvalue weighted by atomic mass is 127. The summed E-state index contributed by atoms with van der Waals surface area (Å²) in [6.45, 7) is 2.24. The molecular weight excluding hydrogens is 287 g/mol. The highest BCUT2D eigenvalue weighted by molar-refractivity contribution is 14.1. The van der Waals surface area contributed by atoms with Crippen molar-refractivity contribution in [2.24, 2.45) is 0 Å². The predicted octanol–water partition coefficient (Wildman–Crippen LogP) is 4.44. The summed E-state index contributed by atoms with van der Waals surface area (Å²) in [5, 5.41) is 9.40. The molecule has 1 N–H and O–H groups in total. The topological polar surface area (TPSA) is 20.2 Å². The summed E-state index contributed by atoms with van der Waals surface area (Å²) in [4.78, 5) is 0. The van der Waals surface area contributed by atoms with Gasteiger partial charge in [-0.3, -0.25) is 0 Å². The molecule has 1 atom stereocenters. The first-order valence-corrected chi connectivity index (χ1v) is 7.00. The van der Waals surface area contributed by atoms with Crippen LogP contribution in [-0.2, 0) is 0 Å². The van der Waals surface area contributed by atoms with Gasteiger partial charge in [0.15, 0.2) is 0 Å². The van der Waals surface area contributed by atoms with E-state index in [1.165, 1.54) is 38.5 Å². The molecule has 1 nitrogen and oxygen atoms in total. The number of aliphatic hydroxyl groups excluding tert-OH is 1. The van der Waals surface area contributed by atoms with Crippen LogP contribution in [0.5, 0.6) is 0 Å². The zero-order valence-corrected chi connectivity index (χ0v) is 11.4. The van der Waals surface area contributed by atoms with Crippen LogP contribution in [0.3, 0.4) is 0 Å². The van der Waals surface area contributed by atoms with Crippen LogP contribution in [0.15, 0.2) is 10.2 Å². The maximum atomic E-state index is 9.40. The van der Waals surface area contributed by atoms with Crippen molar-refractivity contribution in [1.29, 1.82) is 0 Å². The van der Waals surface area contributed by atoms with Crippen molar-refractivity contribution in [2.75, 3.05) is 0 Å². The van der Waals surface area contributed by atoms with Gasteiger partial charge >= 0.3 is 0 Å². The van der Waals surface area contributed by atoms with E-state index in [4.69, 9.17) is 0 Å². The second kappa shape index (κ2) is 11.5. The lowest BCUT2D eigenvalue weighted by molar-refractivity contribution is 0.208. The Balaban J connectivity index is 3.05. The maximum Gasteiger partial charge on any atom is 0.0728 e. The molecule has 0 aliphatic heterocycles. The average molecular weight is 310 g/mol. The minimum Gasteiger partial charge on any atom is -0.389 e. The summed E-state index contributed by atoms with van der Waals surface area (Å²) in [6, 6.07) is 0. The van der Waals surface area contributed by atoms with Gasteiger partial charge in [0.2, 0.25) is 0 Å². The van der Waals surface area contributed by atoms with Crippen molar-refractivity contribution in [1.82, 2.24) is 0 Å². The van der Waals surface area contributed by atoms with Crippen molar-refractivity contribution in [3.8, 4) is 0 Å². The summed E-state index contributed by atoms with van der Waals surface area (Å²) in [5.74, 6) is 0. The molecule has 0 rings (SSSR count). The van der Waals surface area contributed by atoms with Gasteiger partial charge in [0.1, 0.15) is 0 Å². The van der Waals surface area contributed by atoms with E-state index in [0.29, 0.717) is 0 Å². The smallest absolute Gasteiger partial charge is 0.0728 e. The van der Waals surface area contributed by atoms with Crippen LogP contribution in [-0.4, -0.2) is 11.2 Å². The minimum atomic E-state index is -0.220. The molecule has 0 bridgehead atoms. The van der Waals surface area contributed by atoms with E-state index < -0.39 is 0 Å². The zero-order valence-electron chi connectivity index (χ0n) is 9.21. The van der Waals surface area contributed by atoms with E-state index in [0.717, 1.165) is 12.8 Å². The van der Waals surface area contributed by atoms with Crippen molar-refractivity contribution >= 4 is 22.6 Å². The van der Waals surface area contributed by atoms with Gasteiger partial charge in [-0.2, -0.15) is 0 Å². The van der Waals surface area contributed by atoms with Gasteiger partial charge < -0.3 is 5.11 Å². The van der Waals surface area contributed by atoms with Crippen molar-refractivity contribution in [3.63, 3.8) is 0 Å². The molecule has 0 amide bonds. The molecule has 2 heteroatoms. The third-order valence-electron chi connectivity index (χ3n) is 2.40. The first-order chi connectivity index (χ1) is 6.81. The van der Waals surface area contributed by atoms with Crippen molar-refractivity contribution in [3.05, 3.63) is 10.2 Å². The predicted molar refractivity (Wildman–Crippen MR) is 71.8 cm³/mol. The summed E-state index contributed by atoms with van der Waals surface area (Å²) < 4.78 is 1.89. The van der Waals surface area contributed by atoms with Crippen molar-refractivity contribution in [2.45, 2.75) is 64.4 Å². The highest BCUT2D eigenvalue weighted by Crippen LogP contribution is 2.10. The summed E-state index contributed by atoms with van der Waals surface area (Å²) in [6.07, 6.45) is 11.8. The Kier molecular flexibility index (Phi) is 11.9. The minimum absolute atomic E-state index is 0.220. The Morgan fingerprint density at radius 2 is 1.64 bits per heavy atom. The second-order valence-electron chi connectivity index (χ2n) is 3.80. The van der Waals surface area contributed by atoms with E-state index in [-0.39, 0.29) is 6.10 Å². The number of aliphatic hydroxyl groups is 1. The molecule has 0 aromatic rings. The summed E-state index contributed by atoms with van der Waals surface area (Å²) >= 11 is 2.15. The molecule has 0 saturated heterocycles. The van der Waals surface area contributed by atoms with E-state index in [9.17, 15) is 5.11 Å². The Hall–Kier alpha value is 0.430. The van der Waals surface area contributed by atoms with Gasteiger partial charge in [-0.15, -0.1) is 0 Å². The van der Waals surface area contributed by atoms with Gasteiger partial charge in [0.05, 0.1) is 6.10 Å². The molecule has 0 aromatic heterocycles. The Bertz CT molecular complexity index is 134. The molecule has 0 heterocycles. The molecule has 14 heavy (non-hydrogen) atoms. The fourth-order valence-electron chi connectivity index (χ4n) is 1.49. The highest BCUT2D eigenvalue weighted by Gasteiger charge is 1.97. The third-order valence-corrected chi connectivity index (χ3v) is 2.81. The first-order valence-electron chi connectivity index (χ1n) is 5.76. The standard InChI is InChI=1S/C12H23IO/c1-2-3-4-5-6-7-8-9-12(14)10-11-13/h10-12,14H,2-9H2,1H3/b11-10+. The molecular formula is C12H23IO. The number of halogens is 1. The molecule has 0 aliphatic rings. The Labute approximate surface area is 102 Å². The maximum absolute atomic E-state index is 9.40. The van der Waals surface area contributed by atoms with Gasteiger partial charge in [-0.25, -0.2) is 0 Å². The van der Waals surface area contributed by atoms with E-state index >= 15 is 0 Å².